The second kappa shape index (κ2) is 6.01. The van der Waals surface area contributed by atoms with Crippen LogP contribution in [0.5, 0.6) is 0 Å². The van der Waals surface area contributed by atoms with Gasteiger partial charge in [0, 0.05) is 22.4 Å². The summed E-state index contributed by atoms with van der Waals surface area (Å²) in [5.74, 6) is 0.241. The Balaban J connectivity index is 2.01. The summed E-state index contributed by atoms with van der Waals surface area (Å²) in [4.78, 5) is 14.2. The first kappa shape index (κ1) is 13.1. The van der Waals surface area contributed by atoms with E-state index in [1.807, 2.05) is 29.2 Å². The number of halogens is 2. The third-order valence-electron chi connectivity index (χ3n) is 3.12. The lowest BCUT2D eigenvalue weighted by molar-refractivity contribution is -0.130. The van der Waals surface area contributed by atoms with E-state index in [2.05, 4.69) is 31.9 Å². The van der Waals surface area contributed by atoms with Crippen LogP contribution in [0.25, 0.3) is 0 Å². The minimum absolute atomic E-state index is 0.241. The second-order valence-electron chi connectivity index (χ2n) is 4.34. The molecule has 0 bridgehead atoms. The monoisotopic (exact) mass is 359 g/mol. The second-order valence-corrected chi connectivity index (χ2v) is 5.91. The molecule has 17 heavy (non-hydrogen) atoms. The average molecular weight is 361 g/mol. The number of rotatable bonds is 3. The molecule has 1 aromatic rings. The number of carbonyl (C=O) groups is 1. The first-order valence-corrected chi connectivity index (χ1v) is 7.72. The Hall–Kier alpha value is -0.350. The minimum Gasteiger partial charge on any atom is -0.339 e. The maximum Gasteiger partial charge on any atom is 0.227 e. The standard InChI is InChI=1S/C13H15Br2NO/c14-9-12-5-2-6-16(12)13(17)8-10-3-1-4-11(15)7-10/h1,3-4,7,12H,2,5-6,8-9H2. The van der Waals surface area contributed by atoms with Crippen LogP contribution < -0.4 is 0 Å². The van der Waals surface area contributed by atoms with Crippen molar-refractivity contribution in [2.45, 2.75) is 25.3 Å². The van der Waals surface area contributed by atoms with Crippen LogP contribution in [-0.4, -0.2) is 28.7 Å². The van der Waals surface area contributed by atoms with Gasteiger partial charge < -0.3 is 4.90 Å². The van der Waals surface area contributed by atoms with Crippen LogP contribution in [0.1, 0.15) is 18.4 Å². The minimum atomic E-state index is 0.241. The number of alkyl halides is 1. The molecule has 1 amide bonds. The van der Waals surface area contributed by atoms with Crippen molar-refractivity contribution in [1.82, 2.24) is 4.90 Å². The zero-order valence-corrected chi connectivity index (χ0v) is 12.7. The first-order chi connectivity index (χ1) is 8.20. The number of hydrogen-bond donors (Lipinski definition) is 0. The van der Waals surface area contributed by atoms with Gasteiger partial charge in [0.15, 0.2) is 0 Å². The van der Waals surface area contributed by atoms with E-state index < -0.39 is 0 Å². The molecule has 0 aromatic heterocycles. The molecule has 1 heterocycles. The van der Waals surface area contributed by atoms with Crippen LogP contribution in [0.15, 0.2) is 28.7 Å². The fourth-order valence-electron chi connectivity index (χ4n) is 2.25. The van der Waals surface area contributed by atoms with Crippen molar-refractivity contribution in [2.75, 3.05) is 11.9 Å². The van der Waals surface area contributed by atoms with Gasteiger partial charge in [0.25, 0.3) is 0 Å². The largest absolute Gasteiger partial charge is 0.339 e. The molecule has 4 heteroatoms. The Labute approximate surface area is 119 Å². The van der Waals surface area contributed by atoms with E-state index >= 15 is 0 Å². The summed E-state index contributed by atoms with van der Waals surface area (Å²) in [6.07, 6.45) is 2.75. The fourth-order valence-corrected chi connectivity index (χ4v) is 3.37. The van der Waals surface area contributed by atoms with Crippen LogP contribution in [-0.2, 0) is 11.2 Å². The van der Waals surface area contributed by atoms with Gasteiger partial charge in [-0.1, -0.05) is 44.0 Å². The molecule has 1 saturated heterocycles. The Morgan fingerprint density at radius 3 is 3.00 bits per heavy atom. The maximum atomic E-state index is 12.2. The molecule has 0 N–H and O–H groups in total. The molecule has 1 unspecified atom stereocenters. The summed E-state index contributed by atoms with van der Waals surface area (Å²) in [7, 11) is 0. The van der Waals surface area contributed by atoms with Crippen LogP contribution in [0.4, 0.5) is 0 Å². The lowest BCUT2D eigenvalue weighted by Crippen LogP contribution is -2.37. The molecule has 0 aliphatic carbocycles. The van der Waals surface area contributed by atoms with Crippen LogP contribution >= 0.6 is 31.9 Å². The van der Waals surface area contributed by atoms with Crippen molar-refractivity contribution in [3.05, 3.63) is 34.3 Å². The van der Waals surface area contributed by atoms with Crippen molar-refractivity contribution in [3.8, 4) is 0 Å². The molecule has 1 aromatic carbocycles. The highest BCUT2D eigenvalue weighted by Crippen LogP contribution is 2.20. The normalized spacial score (nSPS) is 19.6. The summed E-state index contributed by atoms with van der Waals surface area (Å²) in [5, 5.41) is 0.886. The highest BCUT2D eigenvalue weighted by atomic mass is 79.9. The Bertz CT molecular complexity index is 408. The summed E-state index contributed by atoms with van der Waals surface area (Å²) >= 11 is 6.91. The summed E-state index contributed by atoms with van der Waals surface area (Å²) < 4.78 is 1.03. The average Bonchev–Trinajstić information content (AvgIpc) is 2.77. The van der Waals surface area contributed by atoms with Crippen LogP contribution in [0.2, 0.25) is 0 Å². The third-order valence-corrected chi connectivity index (χ3v) is 4.36. The van der Waals surface area contributed by atoms with Crippen molar-refractivity contribution >= 4 is 37.8 Å². The fraction of sp³-hybridized carbons (Fsp3) is 0.462. The highest BCUT2D eigenvalue weighted by molar-refractivity contribution is 9.10. The summed E-state index contributed by atoms with van der Waals surface area (Å²) in [6.45, 7) is 0.906. The topological polar surface area (TPSA) is 20.3 Å². The van der Waals surface area contributed by atoms with Crippen molar-refractivity contribution in [3.63, 3.8) is 0 Å². The van der Waals surface area contributed by atoms with E-state index in [-0.39, 0.29) is 5.91 Å². The van der Waals surface area contributed by atoms with E-state index in [1.165, 1.54) is 0 Å². The predicted molar refractivity (Wildman–Crippen MR) is 76.4 cm³/mol. The summed E-state index contributed by atoms with van der Waals surface area (Å²) in [5.41, 5.74) is 1.07. The molecule has 0 saturated carbocycles. The van der Waals surface area contributed by atoms with E-state index in [9.17, 15) is 4.79 Å². The van der Waals surface area contributed by atoms with E-state index in [0.29, 0.717) is 12.5 Å². The maximum absolute atomic E-state index is 12.2. The first-order valence-electron chi connectivity index (χ1n) is 5.80. The number of carbonyl (C=O) groups excluding carboxylic acids is 1. The van der Waals surface area contributed by atoms with E-state index in [1.54, 1.807) is 0 Å². The van der Waals surface area contributed by atoms with E-state index in [0.717, 1.165) is 34.8 Å². The molecule has 2 nitrogen and oxygen atoms in total. The van der Waals surface area contributed by atoms with Gasteiger partial charge in [-0.15, -0.1) is 0 Å². The zero-order chi connectivity index (χ0) is 12.3. The number of nitrogens with zero attached hydrogens (tertiary/aromatic N) is 1. The van der Waals surface area contributed by atoms with Gasteiger partial charge in [-0.2, -0.15) is 0 Å². The third kappa shape index (κ3) is 3.32. The Morgan fingerprint density at radius 2 is 2.29 bits per heavy atom. The summed E-state index contributed by atoms with van der Waals surface area (Å²) in [6, 6.07) is 8.34. The van der Waals surface area contributed by atoms with Gasteiger partial charge >= 0.3 is 0 Å². The van der Waals surface area contributed by atoms with Gasteiger partial charge in [-0.05, 0) is 30.5 Å². The molecule has 1 aliphatic heterocycles. The van der Waals surface area contributed by atoms with Crippen molar-refractivity contribution < 1.29 is 4.79 Å². The number of likely N-dealkylation sites (tertiary alicyclic amines) is 1. The highest BCUT2D eigenvalue weighted by Gasteiger charge is 2.27. The molecule has 0 spiro atoms. The van der Waals surface area contributed by atoms with Gasteiger partial charge in [-0.3, -0.25) is 4.79 Å². The van der Waals surface area contributed by atoms with Gasteiger partial charge in [-0.25, -0.2) is 0 Å². The molecule has 92 valence electrons. The van der Waals surface area contributed by atoms with Crippen LogP contribution in [0.3, 0.4) is 0 Å². The number of hydrogen-bond acceptors (Lipinski definition) is 1. The molecular weight excluding hydrogens is 346 g/mol. The molecular formula is C13H15Br2NO. The number of amides is 1. The van der Waals surface area contributed by atoms with E-state index in [4.69, 9.17) is 0 Å². The van der Waals surface area contributed by atoms with Gasteiger partial charge in [0.2, 0.25) is 5.91 Å². The predicted octanol–water partition coefficient (Wildman–Crippen LogP) is 3.38. The van der Waals surface area contributed by atoms with Crippen molar-refractivity contribution in [2.24, 2.45) is 0 Å². The smallest absolute Gasteiger partial charge is 0.227 e. The van der Waals surface area contributed by atoms with Gasteiger partial charge in [0.05, 0.1) is 6.42 Å². The number of benzene rings is 1. The molecule has 1 fully saturated rings. The Kier molecular flexibility index (Phi) is 4.62. The SMILES string of the molecule is O=C(Cc1cccc(Br)c1)N1CCCC1CBr. The molecule has 1 atom stereocenters. The van der Waals surface area contributed by atoms with Crippen LogP contribution in [0, 0.1) is 0 Å². The lowest BCUT2D eigenvalue weighted by Gasteiger charge is -2.23. The molecule has 1 aliphatic rings. The zero-order valence-electron chi connectivity index (χ0n) is 9.53. The molecule has 2 rings (SSSR count). The Morgan fingerprint density at radius 1 is 1.47 bits per heavy atom. The lowest BCUT2D eigenvalue weighted by atomic mass is 10.1. The van der Waals surface area contributed by atoms with Gasteiger partial charge in [0.1, 0.15) is 0 Å². The van der Waals surface area contributed by atoms with Crippen molar-refractivity contribution in [1.29, 1.82) is 0 Å². The quantitative estimate of drug-likeness (QED) is 0.756. The molecule has 0 radical (unpaired) electrons.